The van der Waals surface area contributed by atoms with Crippen LogP contribution >= 0.6 is 11.3 Å². The summed E-state index contributed by atoms with van der Waals surface area (Å²) in [5.41, 5.74) is 1.65. The molecule has 3 aromatic rings. The largest absolute Gasteiger partial charge is 0.497 e. The molecule has 9 heteroatoms. The Labute approximate surface area is 222 Å². The number of methoxy groups -OCH3 is 4. The summed E-state index contributed by atoms with van der Waals surface area (Å²) in [5, 5.41) is 5.31. The van der Waals surface area contributed by atoms with Crippen LogP contribution in [0.5, 0.6) is 23.0 Å². The van der Waals surface area contributed by atoms with E-state index >= 15 is 0 Å². The lowest BCUT2D eigenvalue weighted by atomic mass is 10.0. The van der Waals surface area contributed by atoms with Gasteiger partial charge in [-0.1, -0.05) is 6.07 Å². The molecule has 2 atom stereocenters. The number of amides is 1. The lowest BCUT2D eigenvalue weighted by Crippen LogP contribution is -2.52. The minimum absolute atomic E-state index is 0.0593. The first-order valence-corrected chi connectivity index (χ1v) is 13.1. The molecule has 4 rings (SSSR count). The number of thiophene rings is 1. The van der Waals surface area contributed by atoms with Gasteiger partial charge in [0.05, 0.1) is 34.5 Å². The van der Waals surface area contributed by atoms with Gasteiger partial charge in [0.15, 0.2) is 11.5 Å². The number of benzene rings is 2. The first kappa shape index (κ1) is 26.6. The van der Waals surface area contributed by atoms with Crippen LogP contribution in [0, 0.1) is 0 Å². The highest BCUT2D eigenvalue weighted by Crippen LogP contribution is 2.38. The molecular formula is C28H35N3O5S. The van der Waals surface area contributed by atoms with Crippen molar-refractivity contribution in [2.45, 2.75) is 19.0 Å². The van der Waals surface area contributed by atoms with Gasteiger partial charge in [-0.15, -0.1) is 11.3 Å². The Hall–Kier alpha value is -3.43. The zero-order valence-electron chi connectivity index (χ0n) is 22.0. The van der Waals surface area contributed by atoms with Gasteiger partial charge >= 0.3 is 0 Å². The molecule has 1 saturated heterocycles. The molecule has 1 aromatic heterocycles. The summed E-state index contributed by atoms with van der Waals surface area (Å²) < 4.78 is 21.6. The van der Waals surface area contributed by atoms with E-state index < -0.39 is 0 Å². The highest BCUT2D eigenvalue weighted by atomic mass is 32.1. The molecule has 0 bridgehead atoms. The molecule has 0 unspecified atom stereocenters. The molecule has 1 amide bonds. The number of anilines is 1. The Morgan fingerprint density at radius 3 is 2.05 bits per heavy atom. The van der Waals surface area contributed by atoms with Crippen molar-refractivity contribution in [3.8, 4) is 23.0 Å². The fourth-order valence-corrected chi connectivity index (χ4v) is 5.80. The fourth-order valence-electron chi connectivity index (χ4n) is 4.83. The maximum Gasteiger partial charge on any atom is 0.251 e. The summed E-state index contributed by atoms with van der Waals surface area (Å²) in [6.45, 7) is 5.65. The van der Waals surface area contributed by atoms with Gasteiger partial charge < -0.3 is 29.2 Å². The van der Waals surface area contributed by atoms with E-state index in [0.717, 1.165) is 31.9 Å². The molecule has 1 aliphatic heterocycles. The fraction of sp³-hybridized carbons (Fsp3) is 0.393. The molecule has 8 nitrogen and oxygen atoms in total. The maximum absolute atomic E-state index is 13.3. The molecule has 0 spiro atoms. The molecule has 198 valence electrons. The van der Waals surface area contributed by atoms with Crippen molar-refractivity contribution in [2.75, 3.05) is 59.5 Å². The number of nitrogens with one attached hydrogen (secondary N) is 1. The summed E-state index contributed by atoms with van der Waals surface area (Å²) in [4.78, 5) is 19.4. The van der Waals surface area contributed by atoms with Crippen LogP contribution in [-0.2, 0) is 0 Å². The topological polar surface area (TPSA) is 72.5 Å². The van der Waals surface area contributed by atoms with Crippen LogP contribution in [0.15, 0.2) is 53.9 Å². The second kappa shape index (κ2) is 12.2. The first-order valence-electron chi connectivity index (χ1n) is 12.3. The second-order valence-electron chi connectivity index (χ2n) is 8.86. The molecule has 2 aromatic carbocycles. The van der Waals surface area contributed by atoms with Crippen molar-refractivity contribution < 1.29 is 23.7 Å². The van der Waals surface area contributed by atoms with Crippen molar-refractivity contribution >= 4 is 22.9 Å². The van der Waals surface area contributed by atoms with Gasteiger partial charge in [0.2, 0.25) is 5.75 Å². The number of carbonyl (C=O) groups excluding carboxylic acids is 1. The molecule has 1 aliphatic rings. The third-order valence-corrected chi connectivity index (χ3v) is 7.68. The van der Waals surface area contributed by atoms with Gasteiger partial charge in [-0.05, 0) is 54.8 Å². The van der Waals surface area contributed by atoms with Gasteiger partial charge in [0.1, 0.15) is 5.75 Å². The van der Waals surface area contributed by atoms with E-state index in [1.807, 2.05) is 12.1 Å². The smallest absolute Gasteiger partial charge is 0.251 e. The lowest BCUT2D eigenvalue weighted by Gasteiger charge is -2.42. The highest BCUT2D eigenvalue weighted by molar-refractivity contribution is 7.10. The Bertz CT molecular complexity index is 1140. The summed E-state index contributed by atoms with van der Waals surface area (Å²) in [6, 6.07) is 15.7. The number of piperazine rings is 1. The average molecular weight is 526 g/mol. The van der Waals surface area contributed by atoms with Crippen LogP contribution in [0.25, 0.3) is 0 Å². The number of carbonyl (C=O) groups is 1. The SMILES string of the molecule is COc1ccc(N2CCN([C@H](c3cccs3)[C@H](C)NC(=O)c3cc(OC)c(OC)c(OC)c3)CC2)cc1. The number of ether oxygens (including phenoxy) is 4. The van der Waals surface area contributed by atoms with Crippen LogP contribution < -0.4 is 29.2 Å². The predicted molar refractivity (Wildman–Crippen MR) is 147 cm³/mol. The first-order chi connectivity index (χ1) is 18.0. The summed E-state index contributed by atoms with van der Waals surface area (Å²) >= 11 is 1.72. The van der Waals surface area contributed by atoms with Crippen molar-refractivity contribution in [3.63, 3.8) is 0 Å². The van der Waals surface area contributed by atoms with E-state index in [1.165, 1.54) is 10.6 Å². The van der Waals surface area contributed by atoms with Crippen LogP contribution in [0.3, 0.4) is 0 Å². The van der Waals surface area contributed by atoms with Crippen LogP contribution in [0.1, 0.15) is 28.2 Å². The molecule has 1 N–H and O–H groups in total. The quantitative estimate of drug-likeness (QED) is 0.419. The molecule has 37 heavy (non-hydrogen) atoms. The van der Waals surface area contributed by atoms with Gasteiger partial charge in [-0.3, -0.25) is 9.69 Å². The highest BCUT2D eigenvalue weighted by Gasteiger charge is 2.31. The summed E-state index contributed by atoms with van der Waals surface area (Å²) in [5.74, 6) is 2.02. The zero-order chi connectivity index (χ0) is 26.4. The van der Waals surface area contributed by atoms with E-state index in [4.69, 9.17) is 18.9 Å². The van der Waals surface area contributed by atoms with Gasteiger partial charge in [-0.25, -0.2) is 0 Å². The van der Waals surface area contributed by atoms with Gasteiger partial charge in [0.25, 0.3) is 5.91 Å². The number of hydrogen-bond donors (Lipinski definition) is 1. The third-order valence-electron chi connectivity index (χ3n) is 6.74. The summed E-state index contributed by atoms with van der Waals surface area (Å²) in [6.07, 6.45) is 0. The van der Waals surface area contributed by atoms with E-state index in [2.05, 4.69) is 51.7 Å². The standard InChI is InChI=1S/C28H35N3O5S/c1-19(29-28(32)20-17-23(34-3)27(36-5)24(18-20)35-4)26(25-7-6-16-37-25)31-14-12-30(13-15-31)21-8-10-22(33-2)11-9-21/h6-11,16-19,26H,12-15H2,1-5H3,(H,29,32)/t19-,26-/m0/s1. The minimum Gasteiger partial charge on any atom is -0.497 e. The Morgan fingerprint density at radius 2 is 1.54 bits per heavy atom. The van der Waals surface area contributed by atoms with Crippen molar-refractivity contribution in [1.29, 1.82) is 0 Å². The van der Waals surface area contributed by atoms with Crippen LogP contribution in [-0.4, -0.2) is 71.5 Å². The minimum atomic E-state index is -0.190. The number of nitrogens with zero attached hydrogens (tertiary/aromatic N) is 2. The van der Waals surface area contributed by atoms with Crippen molar-refractivity contribution in [3.05, 3.63) is 64.4 Å². The van der Waals surface area contributed by atoms with E-state index in [0.29, 0.717) is 22.8 Å². The monoisotopic (exact) mass is 525 g/mol. The third kappa shape index (κ3) is 5.94. The average Bonchev–Trinajstić information content (AvgIpc) is 3.47. The van der Waals surface area contributed by atoms with Crippen molar-refractivity contribution in [2.24, 2.45) is 0 Å². The normalized spacial score (nSPS) is 15.5. The molecule has 2 heterocycles. The van der Waals surface area contributed by atoms with Gasteiger partial charge in [-0.2, -0.15) is 0 Å². The van der Waals surface area contributed by atoms with E-state index in [9.17, 15) is 4.79 Å². The predicted octanol–water partition coefficient (Wildman–Crippen LogP) is 4.46. The van der Waals surface area contributed by atoms with E-state index in [1.54, 1.807) is 51.9 Å². The summed E-state index contributed by atoms with van der Waals surface area (Å²) in [7, 11) is 6.31. The van der Waals surface area contributed by atoms with E-state index in [-0.39, 0.29) is 18.0 Å². The molecule has 1 fully saturated rings. The van der Waals surface area contributed by atoms with Crippen LogP contribution in [0.2, 0.25) is 0 Å². The Balaban J connectivity index is 1.49. The van der Waals surface area contributed by atoms with Crippen LogP contribution in [0.4, 0.5) is 5.69 Å². The lowest BCUT2D eigenvalue weighted by molar-refractivity contribution is 0.0890. The molecule has 0 radical (unpaired) electrons. The zero-order valence-corrected chi connectivity index (χ0v) is 22.8. The Morgan fingerprint density at radius 1 is 0.892 bits per heavy atom. The maximum atomic E-state index is 13.3. The Kier molecular flexibility index (Phi) is 8.78. The molecule has 0 saturated carbocycles. The molecular weight excluding hydrogens is 490 g/mol. The molecule has 0 aliphatic carbocycles. The number of hydrogen-bond acceptors (Lipinski definition) is 8. The number of rotatable bonds is 10. The second-order valence-corrected chi connectivity index (χ2v) is 9.84. The van der Waals surface area contributed by atoms with Gasteiger partial charge in [0, 0.05) is 48.3 Å². The van der Waals surface area contributed by atoms with Crippen molar-refractivity contribution in [1.82, 2.24) is 10.2 Å².